The Morgan fingerprint density at radius 3 is 2.58 bits per heavy atom. The summed E-state index contributed by atoms with van der Waals surface area (Å²) in [4.78, 5) is 9.66. The van der Waals surface area contributed by atoms with Gasteiger partial charge in [0.05, 0.1) is 19.3 Å². The van der Waals surface area contributed by atoms with Crippen molar-refractivity contribution in [2.24, 2.45) is 16.8 Å². The molecule has 2 aliphatic rings. The van der Waals surface area contributed by atoms with E-state index in [2.05, 4.69) is 55.3 Å². The van der Waals surface area contributed by atoms with Crippen molar-refractivity contribution < 1.29 is 4.74 Å². The topological polar surface area (TPSA) is 52.1 Å². The molecule has 1 saturated heterocycles. The molecule has 6 nitrogen and oxygen atoms in total. The van der Waals surface area contributed by atoms with E-state index in [9.17, 15) is 0 Å². The van der Waals surface area contributed by atoms with Crippen LogP contribution in [0.5, 0.6) is 0 Å². The SMILES string of the molecule is CCNC(=NCC(C1CC1)N(C)C)NCC1CN(CC(C)C)CCO1.I. The van der Waals surface area contributed by atoms with Crippen LogP contribution in [0.1, 0.15) is 33.6 Å². The molecule has 0 aromatic carbocycles. The Balaban J connectivity index is 0.00000338. The van der Waals surface area contributed by atoms with Crippen LogP contribution in [0.3, 0.4) is 0 Å². The summed E-state index contributed by atoms with van der Waals surface area (Å²) >= 11 is 0. The minimum Gasteiger partial charge on any atom is -0.374 e. The molecular formula is C19H40IN5O. The summed E-state index contributed by atoms with van der Waals surface area (Å²) in [5, 5.41) is 6.86. The van der Waals surface area contributed by atoms with Gasteiger partial charge in [-0.15, -0.1) is 24.0 Å². The summed E-state index contributed by atoms with van der Waals surface area (Å²) in [6.45, 7) is 13.3. The number of nitrogens with one attached hydrogen (secondary N) is 2. The van der Waals surface area contributed by atoms with Crippen molar-refractivity contribution in [1.82, 2.24) is 20.4 Å². The summed E-state index contributed by atoms with van der Waals surface area (Å²) in [6, 6.07) is 0.558. The summed E-state index contributed by atoms with van der Waals surface area (Å²) in [5.74, 6) is 2.45. The van der Waals surface area contributed by atoms with Crippen LogP contribution < -0.4 is 10.6 Å². The maximum atomic E-state index is 5.94. The maximum absolute atomic E-state index is 5.94. The number of guanidine groups is 1. The Hall–Kier alpha value is -0.120. The van der Waals surface area contributed by atoms with E-state index in [1.165, 1.54) is 12.8 Å². The summed E-state index contributed by atoms with van der Waals surface area (Å²) in [5.41, 5.74) is 0. The Morgan fingerprint density at radius 1 is 1.27 bits per heavy atom. The number of morpholine rings is 1. The number of ether oxygens (including phenoxy) is 1. The van der Waals surface area contributed by atoms with E-state index in [0.717, 1.165) is 57.8 Å². The molecule has 2 atom stereocenters. The molecule has 1 saturated carbocycles. The van der Waals surface area contributed by atoms with Crippen LogP contribution in [0, 0.1) is 11.8 Å². The van der Waals surface area contributed by atoms with E-state index < -0.39 is 0 Å². The number of likely N-dealkylation sites (N-methyl/N-ethyl adjacent to an activating group) is 1. The van der Waals surface area contributed by atoms with Gasteiger partial charge in [-0.25, -0.2) is 0 Å². The molecule has 0 radical (unpaired) electrons. The van der Waals surface area contributed by atoms with Crippen molar-refractivity contribution in [3.8, 4) is 0 Å². The lowest BCUT2D eigenvalue weighted by atomic mass is 10.1. The summed E-state index contributed by atoms with van der Waals surface area (Å²) in [6.07, 6.45) is 2.94. The van der Waals surface area contributed by atoms with Crippen molar-refractivity contribution in [2.45, 2.75) is 45.8 Å². The fraction of sp³-hybridized carbons (Fsp3) is 0.947. The van der Waals surface area contributed by atoms with Gasteiger partial charge in [0.1, 0.15) is 0 Å². The second-order valence-corrected chi connectivity index (χ2v) is 8.12. The molecule has 154 valence electrons. The number of halogens is 1. The minimum atomic E-state index is 0. The van der Waals surface area contributed by atoms with Crippen molar-refractivity contribution >= 4 is 29.9 Å². The van der Waals surface area contributed by atoms with Gasteiger partial charge in [0, 0.05) is 38.8 Å². The quantitative estimate of drug-likeness (QED) is 0.299. The van der Waals surface area contributed by atoms with Gasteiger partial charge in [-0.05, 0) is 45.7 Å². The fourth-order valence-corrected chi connectivity index (χ4v) is 3.54. The predicted octanol–water partition coefficient (Wildman–Crippen LogP) is 1.86. The van der Waals surface area contributed by atoms with Gasteiger partial charge in [-0.2, -0.15) is 0 Å². The van der Waals surface area contributed by atoms with Crippen LogP contribution in [0.2, 0.25) is 0 Å². The number of nitrogens with zero attached hydrogens (tertiary/aromatic N) is 3. The Bertz CT molecular complexity index is 413. The monoisotopic (exact) mass is 481 g/mol. The first-order valence-corrected chi connectivity index (χ1v) is 10.0. The molecule has 26 heavy (non-hydrogen) atoms. The average molecular weight is 481 g/mol. The molecule has 1 heterocycles. The third-order valence-corrected chi connectivity index (χ3v) is 4.95. The van der Waals surface area contributed by atoms with Crippen molar-refractivity contribution in [1.29, 1.82) is 0 Å². The molecule has 2 N–H and O–H groups in total. The number of hydrogen-bond donors (Lipinski definition) is 2. The van der Waals surface area contributed by atoms with Crippen molar-refractivity contribution in [3.63, 3.8) is 0 Å². The van der Waals surface area contributed by atoms with Crippen LogP contribution in [0.25, 0.3) is 0 Å². The van der Waals surface area contributed by atoms with Gasteiger partial charge >= 0.3 is 0 Å². The number of rotatable bonds is 9. The van der Waals surface area contributed by atoms with Crippen LogP contribution in [-0.4, -0.2) is 87.9 Å². The zero-order valence-electron chi connectivity index (χ0n) is 17.3. The van der Waals surface area contributed by atoms with Gasteiger partial charge in [-0.1, -0.05) is 13.8 Å². The first-order chi connectivity index (χ1) is 12.0. The highest BCUT2D eigenvalue weighted by molar-refractivity contribution is 14.0. The molecule has 2 unspecified atom stereocenters. The Labute approximate surface area is 177 Å². The molecule has 1 aliphatic carbocycles. The number of hydrogen-bond acceptors (Lipinski definition) is 4. The third-order valence-electron chi connectivity index (χ3n) is 4.95. The molecule has 1 aliphatic heterocycles. The number of aliphatic imine (C=N–C) groups is 1. The predicted molar refractivity (Wildman–Crippen MR) is 121 cm³/mol. The summed E-state index contributed by atoms with van der Waals surface area (Å²) in [7, 11) is 4.33. The second-order valence-electron chi connectivity index (χ2n) is 8.12. The first-order valence-electron chi connectivity index (χ1n) is 10.0. The average Bonchev–Trinajstić information content (AvgIpc) is 3.37. The second kappa shape index (κ2) is 12.4. The maximum Gasteiger partial charge on any atom is 0.191 e. The van der Waals surface area contributed by atoms with E-state index in [0.29, 0.717) is 12.0 Å². The Kier molecular flexibility index (Phi) is 11.4. The third kappa shape index (κ3) is 8.71. The molecule has 2 fully saturated rings. The minimum absolute atomic E-state index is 0. The molecule has 0 aromatic rings. The van der Waals surface area contributed by atoms with E-state index in [-0.39, 0.29) is 30.1 Å². The molecule has 2 rings (SSSR count). The Morgan fingerprint density at radius 2 is 2.00 bits per heavy atom. The molecule has 0 bridgehead atoms. The lowest BCUT2D eigenvalue weighted by molar-refractivity contribution is -0.0284. The normalized spacial score (nSPS) is 23.0. The molecule has 7 heteroatoms. The molecule has 0 amide bonds. The van der Waals surface area contributed by atoms with E-state index >= 15 is 0 Å². The first kappa shape index (κ1) is 23.9. The molecule has 0 aromatic heterocycles. The van der Waals surface area contributed by atoms with Crippen LogP contribution >= 0.6 is 24.0 Å². The van der Waals surface area contributed by atoms with E-state index in [1.807, 2.05) is 0 Å². The zero-order chi connectivity index (χ0) is 18.2. The standard InChI is InChI=1S/C19H39N5O.HI/c1-6-20-19(22-12-18(23(4)5)16-7-8-16)21-11-17-14-24(9-10-25-17)13-15(2)3;/h15-18H,6-14H2,1-5H3,(H2,20,21,22);1H. The lowest BCUT2D eigenvalue weighted by Crippen LogP contribution is -2.50. The smallest absolute Gasteiger partial charge is 0.191 e. The lowest BCUT2D eigenvalue weighted by Gasteiger charge is -2.34. The van der Waals surface area contributed by atoms with Crippen molar-refractivity contribution in [3.05, 3.63) is 0 Å². The van der Waals surface area contributed by atoms with Crippen LogP contribution in [0.15, 0.2) is 4.99 Å². The van der Waals surface area contributed by atoms with Gasteiger partial charge in [0.15, 0.2) is 5.96 Å². The highest BCUT2D eigenvalue weighted by atomic mass is 127. The highest BCUT2D eigenvalue weighted by Gasteiger charge is 2.32. The summed E-state index contributed by atoms with van der Waals surface area (Å²) < 4.78 is 5.94. The van der Waals surface area contributed by atoms with Gasteiger partial charge in [0.25, 0.3) is 0 Å². The van der Waals surface area contributed by atoms with E-state index in [4.69, 9.17) is 9.73 Å². The van der Waals surface area contributed by atoms with E-state index in [1.54, 1.807) is 0 Å². The van der Waals surface area contributed by atoms with Gasteiger partial charge in [0.2, 0.25) is 0 Å². The highest BCUT2D eigenvalue weighted by Crippen LogP contribution is 2.34. The fourth-order valence-electron chi connectivity index (χ4n) is 3.54. The van der Waals surface area contributed by atoms with Crippen molar-refractivity contribution in [2.75, 3.05) is 60.0 Å². The molecular weight excluding hydrogens is 441 g/mol. The zero-order valence-corrected chi connectivity index (χ0v) is 19.7. The van der Waals surface area contributed by atoms with Crippen LogP contribution in [0.4, 0.5) is 0 Å². The van der Waals surface area contributed by atoms with Gasteiger partial charge < -0.3 is 20.3 Å². The largest absolute Gasteiger partial charge is 0.374 e. The van der Waals surface area contributed by atoms with Crippen LogP contribution in [-0.2, 0) is 4.74 Å². The molecule has 0 spiro atoms. The van der Waals surface area contributed by atoms with Gasteiger partial charge in [-0.3, -0.25) is 9.89 Å².